The molecule has 1 aromatic carbocycles. The third-order valence-electron chi connectivity index (χ3n) is 6.15. The van der Waals surface area contributed by atoms with Crippen LogP contribution in [0.5, 0.6) is 11.5 Å². The van der Waals surface area contributed by atoms with Crippen LogP contribution in [0.15, 0.2) is 12.1 Å². The highest BCUT2D eigenvalue weighted by molar-refractivity contribution is 5.96. The summed E-state index contributed by atoms with van der Waals surface area (Å²) in [7, 11) is 0.890. The Bertz CT molecular complexity index is 1080. The topological polar surface area (TPSA) is 302 Å². The Morgan fingerprint density at radius 1 is 0.833 bits per heavy atom. The predicted molar refractivity (Wildman–Crippen MR) is 106 cm³/mol. The van der Waals surface area contributed by atoms with Gasteiger partial charge < -0.3 is 75.9 Å². The van der Waals surface area contributed by atoms with Crippen molar-refractivity contribution in [2.45, 2.75) is 61.1 Å². The predicted octanol–water partition coefficient (Wildman–Crippen LogP) is -6.42. The number of methoxy groups -OCH3 is 1. The van der Waals surface area contributed by atoms with E-state index in [-0.39, 0.29) is 6.07 Å². The van der Waals surface area contributed by atoms with Crippen molar-refractivity contribution < 1.29 is 80.7 Å². The molecule has 1 aromatic rings. The maximum Gasteiger partial charge on any atom is 0.453 e. The molecule has 0 spiro atoms. The van der Waals surface area contributed by atoms with E-state index in [1.54, 1.807) is 0 Å². The molecule has 36 heavy (non-hydrogen) atoms. The molecule has 204 valence electrons. The van der Waals surface area contributed by atoms with Gasteiger partial charge in [0.2, 0.25) is 11.5 Å². The Balaban J connectivity index is 2.49. The third kappa shape index (κ3) is 3.39. The van der Waals surface area contributed by atoms with Crippen molar-refractivity contribution in [2.24, 2.45) is 5.92 Å². The number of fused-ring (bicyclic) bond motifs is 3. The van der Waals surface area contributed by atoms with Gasteiger partial charge in [-0.25, -0.2) is 0 Å². The number of piperidine rings is 1. The van der Waals surface area contributed by atoms with Gasteiger partial charge in [0.05, 0.1) is 7.11 Å². The zero-order chi connectivity index (χ0) is 28.1. The van der Waals surface area contributed by atoms with Crippen LogP contribution in [-0.4, -0.2) is 114 Å². The summed E-state index contributed by atoms with van der Waals surface area (Å²) in [6.45, 7) is 2.68. The summed E-state index contributed by atoms with van der Waals surface area (Å²) in [4.78, 5) is 12.2. The quantitative estimate of drug-likeness (QED) is 0.159. The van der Waals surface area contributed by atoms with Gasteiger partial charge in [0.25, 0.3) is 23.4 Å². The Hall–Kier alpha value is -2.07. The lowest BCUT2D eigenvalue weighted by atomic mass is 9.67. The molecular formula is C19H27NO16. The summed E-state index contributed by atoms with van der Waals surface area (Å²) in [6, 6.07) is 0.700. The maximum atomic E-state index is 13.1. The van der Waals surface area contributed by atoms with Gasteiger partial charge in [-0.15, -0.1) is 0 Å². The van der Waals surface area contributed by atoms with Crippen LogP contribution in [0.3, 0.4) is 0 Å². The molecule has 17 heteroatoms. The van der Waals surface area contributed by atoms with Gasteiger partial charge in [0.15, 0.2) is 17.1 Å². The molecule has 2 aliphatic heterocycles. The first kappa shape index (κ1) is 28.5. The van der Waals surface area contributed by atoms with Crippen LogP contribution in [0.2, 0.25) is 0 Å². The summed E-state index contributed by atoms with van der Waals surface area (Å²) in [5, 5.41) is 136. The number of Topliss-reactive ketones (excluding diaryl/α,β-unsaturated/α-hetero) is 1. The second-order valence-corrected chi connectivity index (χ2v) is 9.13. The normalized spacial score (nSPS) is 30.5. The van der Waals surface area contributed by atoms with Crippen LogP contribution in [0, 0.1) is 5.92 Å². The van der Waals surface area contributed by atoms with E-state index in [0.717, 1.165) is 7.11 Å². The lowest BCUT2D eigenvalue weighted by molar-refractivity contribution is -0.559. The molecule has 2 unspecified atom stereocenters. The maximum absolute atomic E-state index is 13.1. The summed E-state index contributed by atoms with van der Waals surface area (Å²) in [6.07, 6.45) is -4.90. The molecule has 0 saturated carbocycles. The van der Waals surface area contributed by atoms with Crippen LogP contribution in [0.1, 0.15) is 31.4 Å². The number of ketones is 1. The van der Waals surface area contributed by atoms with Crippen LogP contribution < -0.4 is 9.47 Å². The molecule has 2 atom stereocenters. The van der Waals surface area contributed by atoms with E-state index in [4.69, 9.17) is 20.1 Å². The average molecular weight is 525 g/mol. The SMILES string of the molecule is COc1cc2c(cc1OC(O)(O)O)C(O)(O)C(O)(O)N1C(O)(O)C(O)(CC(C)C)C(=O)C(O)(O)C21O. The first-order valence-electron chi connectivity index (χ1n) is 10.1. The number of benzene rings is 1. The summed E-state index contributed by atoms with van der Waals surface area (Å²) in [5.41, 5.74) is -10.4. The fraction of sp³-hybridized carbons (Fsp3) is 0.632. The number of ether oxygens (including phenoxy) is 2. The Morgan fingerprint density at radius 2 is 1.33 bits per heavy atom. The van der Waals surface area contributed by atoms with Crippen molar-refractivity contribution in [1.29, 1.82) is 0 Å². The second kappa shape index (κ2) is 7.72. The van der Waals surface area contributed by atoms with E-state index in [0.29, 0.717) is 6.07 Å². The molecule has 13 N–H and O–H groups in total. The highest BCUT2D eigenvalue weighted by atomic mass is 16.9. The molecule has 0 aromatic heterocycles. The molecule has 0 aliphatic carbocycles. The standard InChI is InChI=1S/C19H27NO16/c1-7(2)6-13(22)12(21)16(26,27)14(23)8-4-10(35-3)11(36-19(32,33)34)5-9(8)15(24,25)18(30,31)20(14)17(13,28)29/h4-5,7,22-34H,6H2,1-3H3. The Morgan fingerprint density at radius 3 is 1.78 bits per heavy atom. The molecule has 2 aliphatic rings. The van der Waals surface area contributed by atoms with Crippen LogP contribution in [0.4, 0.5) is 0 Å². The summed E-state index contributed by atoms with van der Waals surface area (Å²) >= 11 is 0. The lowest BCUT2D eigenvalue weighted by Gasteiger charge is -2.65. The van der Waals surface area contributed by atoms with Crippen molar-refractivity contribution in [2.75, 3.05) is 7.11 Å². The van der Waals surface area contributed by atoms with E-state index in [1.807, 2.05) is 0 Å². The van der Waals surface area contributed by atoms with Gasteiger partial charge in [-0.1, -0.05) is 13.8 Å². The Kier molecular flexibility index (Phi) is 6.11. The van der Waals surface area contributed by atoms with E-state index in [2.05, 4.69) is 4.74 Å². The number of carbonyl (C=O) groups is 1. The molecule has 1 saturated heterocycles. The van der Waals surface area contributed by atoms with E-state index < -0.39 is 86.5 Å². The molecule has 2 heterocycles. The first-order valence-corrected chi connectivity index (χ1v) is 10.1. The van der Waals surface area contributed by atoms with E-state index in [1.165, 1.54) is 13.8 Å². The van der Waals surface area contributed by atoms with E-state index in [9.17, 15) is 55.9 Å². The molecule has 1 fully saturated rings. The van der Waals surface area contributed by atoms with Gasteiger partial charge in [-0.2, -0.15) is 4.90 Å². The summed E-state index contributed by atoms with van der Waals surface area (Å²) in [5.74, 6) is -22.2. The minimum atomic E-state index is -4.57. The average Bonchev–Trinajstić information content (AvgIpc) is 2.68. The summed E-state index contributed by atoms with van der Waals surface area (Å²) < 4.78 is 9.19. The number of nitrogens with zero attached hydrogens (tertiary/aromatic N) is 1. The van der Waals surface area contributed by atoms with Gasteiger partial charge in [-0.3, -0.25) is 4.79 Å². The van der Waals surface area contributed by atoms with E-state index >= 15 is 0 Å². The van der Waals surface area contributed by atoms with Gasteiger partial charge in [0.1, 0.15) is 0 Å². The molecule has 17 nitrogen and oxygen atoms in total. The largest absolute Gasteiger partial charge is 0.493 e. The number of aliphatic hydroxyl groups is 13. The minimum Gasteiger partial charge on any atom is -0.493 e. The third-order valence-corrected chi connectivity index (χ3v) is 6.15. The van der Waals surface area contributed by atoms with Gasteiger partial charge in [-0.05, 0) is 24.5 Å². The first-order chi connectivity index (χ1) is 15.9. The Labute approximate surface area is 201 Å². The zero-order valence-corrected chi connectivity index (χ0v) is 18.9. The van der Waals surface area contributed by atoms with Crippen molar-refractivity contribution in [3.8, 4) is 11.5 Å². The van der Waals surface area contributed by atoms with Crippen molar-refractivity contribution in [3.05, 3.63) is 23.3 Å². The molecule has 0 radical (unpaired) electrons. The van der Waals surface area contributed by atoms with Crippen molar-refractivity contribution in [3.63, 3.8) is 0 Å². The van der Waals surface area contributed by atoms with Crippen LogP contribution in [-0.2, 0) is 16.3 Å². The number of rotatable bonds is 5. The van der Waals surface area contributed by atoms with Gasteiger partial charge >= 0.3 is 6.16 Å². The van der Waals surface area contributed by atoms with Crippen LogP contribution in [0.25, 0.3) is 0 Å². The lowest BCUT2D eigenvalue weighted by Crippen LogP contribution is -2.92. The fourth-order valence-electron chi connectivity index (χ4n) is 4.60. The molecule has 0 amide bonds. The zero-order valence-electron chi connectivity index (χ0n) is 18.9. The minimum absolute atomic E-state index is 0.286. The highest BCUT2D eigenvalue weighted by Crippen LogP contribution is 2.60. The molecule has 0 bridgehead atoms. The van der Waals surface area contributed by atoms with Crippen molar-refractivity contribution in [1.82, 2.24) is 4.90 Å². The second-order valence-electron chi connectivity index (χ2n) is 9.13. The van der Waals surface area contributed by atoms with Gasteiger partial charge in [0, 0.05) is 11.1 Å². The smallest absolute Gasteiger partial charge is 0.453 e. The molecular weight excluding hydrogens is 498 g/mol. The monoisotopic (exact) mass is 525 g/mol. The number of carbonyl (C=O) groups excluding carboxylic acids is 1. The fourth-order valence-corrected chi connectivity index (χ4v) is 4.60. The van der Waals surface area contributed by atoms with Crippen molar-refractivity contribution >= 4 is 5.78 Å². The van der Waals surface area contributed by atoms with Crippen LogP contribution >= 0.6 is 0 Å². The molecule has 3 rings (SSSR count). The highest BCUT2D eigenvalue weighted by Gasteiger charge is 2.85. The number of hydrogen-bond donors (Lipinski definition) is 13. The number of hydrogen-bond acceptors (Lipinski definition) is 17.